The Morgan fingerprint density at radius 1 is 1.40 bits per heavy atom. The zero-order chi connectivity index (χ0) is 17.6. The second-order valence-electron chi connectivity index (χ2n) is 6.66. The van der Waals surface area contributed by atoms with Gasteiger partial charge < -0.3 is 5.32 Å². The van der Waals surface area contributed by atoms with Crippen molar-refractivity contribution in [3.05, 3.63) is 41.0 Å². The SMILES string of the molecule is CCn1cc(CNC(=O)c2cc(C3CC3)nc3c2c(C)nn3C)cn1. The highest BCUT2D eigenvalue weighted by molar-refractivity contribution is 6.06. The van der Waals surface area contributed by atoms with Gasteiger partial charge in [-0.3, -0.25) is 14.2 Å². The Kier molecular flexibility index (Phi) is 3.78. The highest BCUT2D eigenvalue weighted by atomic mass is 16.1. The summed E-state index contributed by atoms with van der Waals surface area (Å²) >= 11 is 0. The molecule has 25 heavy (non-hydrogen) atoms. The molecule has 1 N–H and O–H groups in total. The molecule has 3 aromatic heterocycles. The van der Waals surface area contributed by atoms with E-state index in [1.807, 2.05) is 37.8 Å². The number of nitrogens with zero attached hydrogens (tertiary/aromatic N) is 5. The van der Waals surface area contributed by atoms with Crippen LogP contribution in [0.25, 0.3) is 11.0 Å². The number of hydrogen-bond acceptors (Lipinski definition) is 4. The normalized spacial score (nSPS) is 14.2. The summed E-state index contributed by atoms with van der Waals surface area (Å²) in [7, 11) is 1.87. The van der Waals surface area contributed by atoms with Crippen LogP contribution < -0.4 is 5.32 Å². The minimum Gasteiger partial charge on any atom is -0.348 e. The molecule has 130 valence electrons. The largest absolute Gasteiger partial charge is 0.348 e. The lowest BCUT2D eigenvalue weighted by Crippen LogP contribution is -2.23. The molecule has 0 bridgehead atoms. The zero-order valence-electron chi connectivity index (χ0n) is 14.8. The topological polar surface area (TPSA) is 77.6 Å². The minimum absolute atomic E-state index is 0.0883. The molecule has 7 heteroatoms. The van der Waals surface area contributed by atoms with Gasteiger partial charge in [0.15, 0.2) is 5.65 Å². The van der Waals surface area contributed by atoms with Crippen LogP contribution in [0.4, 0.5) is 0 Å². The fourth-order valence-corrected chi connectivity index (χ4v) is 3.18. The molecule has 3 heterocycles. The van der Waals surface area contributed by atoms with Gasteiger partial charge >= 0.3 is 0 Å². The zero-order valence-corrected chi connectivity index (χ0v) is 14.8. The first-order chi connectivity index (χ1) is 12.1. The summed E-state index contributed by atoms with van der Waals surface area (Å²) in [5, 5.41) is 12.5. The van der Waals surface area contributed by atoms with Gasteiger partial charge in [0.25, 0.3) is 5.91 Å². The van der Waals surface area contributed by atoms with E-state index in [4.69, 9.17) is 4.98 Å². The number of amides is 1. The van der Waals surface area contributed by atoms with Crippen molar-refractivity contribution in [1.29, 1.82) is 0 Å². The van der Waals surface area contributed by atoms with Crippen molar-refractivity contribution in [2.75, 3.05) is 0 Å². The second kappa shape index (κ2) is 5.98. The molecule has 1 fully saturated rings. The standard InChI is InChI=1S/C18H22N6O/c1-4-24-10-12(9-20-24)8-19-18(25)14-7-15(13-5-6-13)21-17-16(14)11(2)22-23(17)3/h7,9-10,13H,4-6,8H2,1-3H3,(H,19,25). The predicted octanol–water partition coefficient (Wildman–Crippen LogP) is 2.30. The van der Waals surface area contributed by atoms with E-state index in [1.165, 1.54) is 0 Å². The van der Waals surface area contributed by atoms with Gasteiger partial charge in [-0.25, -0.2) is 4.98 Å². The summed E-state index contributed by atoms with van der Waals surface area (Å²) in [6, 6.07) is 1.94. The molecular formula is C18H22N6O. The van der Waals surface area contributed by atoms with Crippen molar-refractivity contribution in [3.63, 3.8) is 0 Å². The Bertz CT molecular complexity index is 950. The van der Waals surface area contributed by atoms with Crippen molar-refractivity contribution in [2.24, 2.45) is 7.05 Å². The molecular weight excluding hydrogens is 316 g/mol. The number of carbonyl (C=O) groups excluding carboxylic acids is 1. The lowest BCUT2D eigenvalue weighted by molar-refractivity contribution is 0.0952. The molecule has 7 nitrogen and oxygen atoms in total. The van der Waals surface area contributed by atoms with Crippen molar-refractivity contribution in [1.82, 2.24) is 29.9 Å². The third-order valence-corrected chi connectivity index (χ3v) is 4.69. The second-order valence-corrected chi connectivity index (χ2v) is 6.66. The fraction of sp³-hybridized carbons (Fsp3) is 0.444. The van der Waals surface area contributed by atoms with Crippen molar-refractivity contribution >= 4 is 16.9 Å². The van der Waals surface area contributed by atoms with Crippen LogP contribution in [-0.4, -0.2) is 30.5 Å². The average Bonchev–Trinajstić information content (AvgIpc) is 3.29. The maximum Gasteiger partial charge on any atom is 0.252 e. The first-order valence-electron chi connectivity index (χ1n) is 8.70. The quantitative estimate of drug-likeness (QED) is 0.774. The van der Waals surface area contributed by atoms with Gasteiger partial charge in [-0.1, -0.05) is 0 Å². The van der Waals surface area contributed by atoms with Gasteiger partial charge in [0.1, 0.15) is 0 Å². The van der Waals surface area contributed by atoms with Gasteiger partial charge in [-0.05, 0) is 32.8 Å². The van der Waals surface area contributed by atoms with Crippen molar-refractivity contribution in [2.45, 2.75) is 45.7 Å². The number of hydrogen-bond donors (Lipinski definition) is 1. The number of aromatic nitrogens is 5. The molecule has 0 unspecified atom stereocenters. The van der Waals surface area contributed by atoms with Gasteiger partial charge in [0.05, 0.1) is 22.8 Å². The lowest BCUT2D eigenvalue weighted by Gasteiger charge is -2.08. The molecule has 0 aliphatic heterocycles. The van der Waals surface area contributed by atoms with E-state index < -0.39 is 0 Å². The summed E-state index contributed by atoms with van der Waals surface area (Å²) < 4.78 is 3.61. The molecule has 4 rings (SSSR count). The molecule has 0 aromatic carbocycles. The predicted molar refractivity (Wildman–Crippen MR) is 94.3 cm³/mol. The van der Waals surface area contributed by atoms with Crippen LogP contribution in [0.1, 0.15) is 53.0 Å². The van der Waals surface area contributed by atoms with E-state index in [0.717, 1.165) is 47.4 Å². The lowest BCUT2D eigenvalue weighted by atomic mass is 10.1. The Hall–Kier alpha value is -2.70. The molecule has 0 radical (unpaired) electrons. The van der Waals surface area contributed by atoms with Crippen molar-refractivity contribution < 1.29 is 4.79 Å². The molecule has 3 aromatic rings. The maximum atomic E-state index is 12.9. The van der Waals surface area contributed by atoms with Crippen LogP contribution in [-0.2, 0) is 20.1 Å². The number of fused-ring (bicyclic) bond motifs is 1. The third-order valence-electron chi connectivity index (χ3n) is 4.69. The van der Waals surface area contributed by atoms with Crippen LogP contribution in [0.15, 0.2) is 18.5 Å². The Labute approximate surface area is 146 Å². The minimum atomic E-state index is -0.0883. The Morgan fingerprint density at radius 3 is 2.88 bits per heavy atom. The van der Waals surface area contributed by atoms with E-state index in [9.17, 15) is 4.79 Å². The Morgan fingerprint density at radius 2 is 2.20 bits per heavy atom. The number of nitrogens with one attached hydrogen (secondary N) is 1. The van der Waals surface area contributed by atoms with Crippen LogP contribution in [0.3, 0.4) is 0 Å². The van der Waals surface area contributed by atoms with E-state index in [1.54, 1.807) is 10.9 Å². The summed E-state index contributed by atoms with van der Waals surface area (Å²) in [6.45, 7) is 5.23. The van der Waals surface area contributed by atoms with E-state index in [0.29, 0.717) is 18.0 Å². The molecule has 1 saturated carbocycles. The van der Waals surface area contributed by atoms with Crippen LogP contribution in [0.2, 0.25) is 0 Å². The van der Waals surface area contributed by atoms with E-state index in [2.05, 4.69) is 15.5 Å². The van der Waals surface area contributed by atoms with Crippen LogP contribution >= 0.6 is 0 Å². The van der Waals surface area contributed by atoms with Crippen molar-refractivity contribution in [3.8, 4) is 0 Å². The highest BCUT2D eigenvalue weighted by Gasteiger charge is 2.28. The fourth-order valence-electron chi connectivity index (χ4n) is 3.18. The maximum absolute atomic E-state index is 12.9. The summed E-state index contributed by atoms with van der Waals surface area (Å²) in [4.78, 5) is 17.6. The van der Waals surface area contributed by atoms with Gasteiger partial charge in [-0.2, -0.15) is 10.2 Å². The first-order valence-corrected chi connectivity index (χ1v) is 8.70. The summed E-state index contributed by atoms with van der Waals surface area (Å²) in [5.41, 5.74) is 4.27. The van der Waals surface area contributed by atoms with E-state index in [-0.39, 0.29) is 5.91 Å². The third kappa shape index (κ3) is 2.90. The van der Waals surface area contributed by atoms with Gasteiger partial charge in [0, 0.05) is 43.5 Å². The monoisotopic (exact) mass is 338 g/mol. The summed E-state index contributed by atoms with van der Waals surface area (Å²) in [6.07, 6.45) is 6.03. The average molecular weight is 338 g/mol. The number of pyridine rings is 1. The first kappa shape index (κ1) is 15.8. The highest BCUT2D eigenvalue weighted by Crippen LogP contribution is 2.40. The van der Waals surface area contributed by atoms with Gasteiger partial charge in [0.2, 0.25) is 0 Å². The molecule has 1 amide bonds. The Balaban J connectivity index is 1.65. The van der Waals surface area contributed by atoms with Crippen LogP contribution in [0.5, 0.6) is 0 Å². The van der Waals surface area contributed by atoms with E-state index >= 15 is 0 Å². The van der Waals surface area contributed by atoms with Crippen LogP contribution in [0, 0.1) is 6.92 Å². The molecule has 0 saturated heterocycles. The molecule has 0 spiro atoms. The summed E-state index contributed by atoms with van der Waals surface area (Å²) in [5.74, 6) is 0.392. The molecule has 0 atom stereocenters. The molecule has 1 aliphatic rings. The number of carbonyl (C=O) groups is 1. The molecule has 1 aliphatic carbocycles. The number of aryl methyl sites for hydroxylation is 3. The number of rotatable bonds is 5. The smallest absolute Gasteiger partial charge is 0.252 e. The van der Waals surface area contributed by atoms with Gasteiger partial charge in [-0.15, -0.1) is 0 Å².